The maximum absolute atomic E-state index is 8.90. The molecule has 0 aromatic heterocycles. The van der Waals surface area contributed by atoms with Crippen LogP contribution >= 0.6 is 0 Å². The highest BCUT2D eigenvalue weighted by atomic mass is 16.3. The number of nitrogens with zero attached hydrogens (tertiary/aromatic N) is 2. The summed E-state index contributed by atoms with van der Waals surface area (Å²) in [6.45, 7) is 3.12. The second-order valence-corrected chi connectivity index (χ2v) is 2.52. The van der Waals surface area contributed by atoms with Crippen molar-refractivity contribution < 1.29 is 5.11 Å². The number of aliphatic hydroxyl groups is 1. The first-order valence-electron chi connectivity index (χ1n) is 3.40. The van der Waals surface area contributed by atoms with Crippen molar-refractivity contribution in [3.8, 4) is 6.07 Å². The SMILES string of the molecule is C[C@H](O)CN(C)CCC#N. The Morgan fingerprint density at radius 2 is 2.30 bits per heavy atom. The van der Waals surface area contributed by atoms with Crippen LogP contribution in [0.4, 0.5) is 0 Å². The molecule has 0 radical (unpaired) electrons. The van der Waals surface area contributed by atoms with E-state index in [1.807, 2.05) is 18.0 Å². The third-order valence-corrected chi connectivity index (χ3v) is 1.18. The van der Waals surface area contributed by atoms with Crippen LogP contribution in [-0.4, -0.2) is 36.2 Å². The van der Waals surface area contributed by atoms with E-state index < -0.39 is 0 Å². The lowest BCUT2D eigenvalue weighted by Gasteiger charge is -2.15. The Morgan fingerprint density at radius 1 is 1.70 bits per heavy atom. The maximum atomic E-state index is 8.90. The summed E-state index contributed by atoms with van der Waals surface area (Å²) in [5, 5.41) is 17.1. The van der Waals surface area contributed by atoms with Crippen LogP contribution in [0.1, 0.15) is 13.3 Å². The van der Waals surface area contributed by atoms with Gasteiger partial charge in [0.2, 0.25) is 0 Å². The quantitative estimate of drug-likeness (QED) is 0.610. The molecule has 0 saturated heterocycles. The van der Waals surface area contributed by atoms with E-state index in [1.165, 1.54) is 0 Å². The van der Waals surface area contributed by atoms with Crippen molar-refractivity contribution in [2.75, 3.05) is 20.1 Å². The van der Waals surface area contributed by atoms with Crippen LogP contribution in [0.15, 0.2) is 0 Å². The second-order valence-electron chi connectivity index (χ2n) is 2.52. The van der Waals surface area contributed by atoms with Gasteiger partial charge in [0.25, 0.3) is 0 Å². The van der Waals surface area contributed by atoms with E-state index >= 15 is 0 Å². The molecule has 0 aromatic rings. The molecule has 0 rings (SSSR count). The van der Waals surface area contributed by atoms with Gasteiger partial charge >= 0.3 is 0 Å². The Labute approximate surface area is 61.9 Å². The Bertz CT molecular complexity index is 117. The highest BCUT2D eigenvalue weighted by molar-refractivity contribution is 4.71. The molecule has 0 aliphatic rings. The lowest BCUT2D eigenvalue weighted by Crippen LogP contribution is -2.27. The zero-order chi connectivity index (χ0) is 7.98. The molecular formula is C7H14N2O. The van der Waals surface area contributed by atoms with Gasteiger partial charge in [0.1, 0.15) is 0 Å². The van der Waals surface area contributed by atoms with E-state index in [-0.39, 0.29) is 6.10 Å². The van der Waals surface area contributed by atoms with Crippen LogP contribution in [-0.2, 0) is 0 Å². The normalized spacial score (nSPS) is 13.1. The standard InChI is InChI=1S/C7H14N2O/c1-7(10)6-9(2)5-3-4-8/h7,10H,3,5-6H2,1-2H3/t7-/m0/s1. The van der Waals surface area contributed by atoms with Crippen LogP contribution in [0.25, 0.3) is 0 Å². The van der Waals surface area contributed by atoms with Gasteiger partial charge in [-0.15, -0.1) is 0 Å². The van der Waals surface area contributed by atoms with Crippen LogP contribution in [0, 0.1) is 11.3 Å². The van der Waals surface area contributed by atoms with Gasteiger partial charge in [-0.05, 0) is 14.0 Å². The summed E-state index contributed by atoms with van der Waals surface area (Å²) in [6, 6.07) is 2.05. The molecule has 0 heterocycles. The molecule has 0 spiro atoms. The van der Waals surface area contributed by atoms with E-state index in [2.05, 4.69) is 0 Å². The summed E-state index contributed by atoms with van der Waals surface area (Å²) in [5.41, 5.74) is 0. The Hall–Kier alpha value is -0.590. The molecule has 58 valence electrons. The predicted octanol–water partition coefficient (Wildman–Crippen LogP) is 0.213. The zero-order valence-electron chi connectivity index (χ0n) is 6.54. The molecule has 10 heavy (non-hydrogen) atoms. The van der Waals surface area contributed by atoms with Crippen LogP contribution in [0.2, 0.25) is 0 Å². The van der Waals surface area contributed by atoms with Gasteiger partial charge in [-0.25, -0.2) is 0 Å². The first-order chi connectivity index (χ1) is 4.66. The number of likely N-dealkylation sites (N-methyl/N-ethyl adjacent to an activating group) is 1. The lowest BCUT2D eigenvalue weighted by atomic mass is 10.3. The summed E-state index contributed by atoms with van der Waals surface area (Å²) in [7, 11) is 1.89. The first kappa shape index (κ1) is 9.41. The molecule has 1 N–H and O–H groups in total. The van der Waals surface area contributed by atoms with Crippen molar-refractivity contribution in [1.82, 2.24) is 4.90 Å². The third-order valence-electron chi connectivity index (χ3n) is 1.18. The van der Waals surface area contributed by atoms with E-state index in [0.717, 1.165) is 6.54 Å². The largest absolute Gasteiger partial charge is 0.392 e. The predicted molar refractivity (Wildman–Crippen MR) is 39.4 cm³/mol. The lowest BCUT2D eigenvalue weighted by molar-refractivity contribution is 0.143. The van der Waals surface area contributed by atoms with E-state index in [9.17, 15) is 0 Å². The maximum Gasteiger partial charge on any atom is 0.0638 e. The van der Waals surface area contributed by atoms with Gasteiger partial charge in [-0.1, -0.05) is 0 Å². The molecule has 1 atom stereocenters. The van der Waals surface area contributed by atoms with Crippen molar-refractivity contribution in [2.45, 2.75) is 19.4 Å². The molecule has 0 fully saturated rings. The fourth-order valence-corrected chi connectivity index (χ4v) is 0.783. The molecule has 3 nitrogen and oxygen atoms in total. The van der Waals surface area contributed by atoms with Crippen molar-refractivity contribution in [3.63, 3.8) is 0 Å². The molecule has 0 aromatic carbocycles. The van der Waals surface area contributed by atoms with Crippen molar-refractivity contribution in [1.29, 1.82) is 5.26 Å². The summed E-state index contributed by atoms with van der Waals surface area (Å²) >= 11 is 0. The smallest absolute Gasteiger partial charge is 0.0638 e. The molecule has 3 heteroatoms. The number of aliphatic hydroxyl groups excluding tert-OH is 1. The average molecular weight is 142 g/mol. The molecule has 0 bridgehead atoms. The van der Waals surface area contributed by atoms with Crippen LogP contribution in [0.3, 0.4) is 0 Å². The van der Waals surface area contributed by atoms with Crippen LogP contribution in [0.5, 0.6) is 0 Å². The van der Waals surface area contributed by atoms with Crippen molar-refractivity contribution >= 4 is 0 Å². The molecule has 0 aliphatic heterocycles. The summed E-state index contributed by atoms with van der Waals surface area (Å²) in [6.07, 6.45) is 0.229. The highest BCUT2D eigenvalue weighted by Crippen LogP contribution is 1.88. The molecular weight excluding hydrogens is 128 g/mol. The van der Waals surface area contributed by atoms with Gasteiger partial charge in [0.15, 0.2) is 0 Å². The van der Waals surface area contributed by atoms with E-state index in [4.69, 9.17) is 10.4 Å². The van der Waals surface area contributed by atoms with Crippen LogP contribution < -0.4 is 0 Å². The topological polar surface area (TPSA) is 47.3 Å². The van der Waals surface area contributed by atoms with Gasteiger partial charge in [-0.3, -0.25) is 0 Å². The number of nitriles is 1. The summed E-state index contributed by atoms with van der Waals surface area (Å²) in [5.74, 6) is 0. The number of rotatable bonds is 4. The van der Waals surface area contributed by atoms with Gasteiger partial charge in [0, 0.05) is 19.5 Å². The average Bonchev–Trinajstić information content (AvgIpc) is 1.82. The van der Waals surface area contributed by atoms with Crippen molar-refractivity contribution in [2.24, 2.45) is 0 Å². The summed E-state index contributed by atoms with van der Waals surface area (Å²) in [4.78, 5) is 1.94. The van der Waals surface area contributed by atoms with E-state index in [1.54, 1.807) is 6.92 Å². The second kappa shape index (κ2) is 5.21. The number of hydrogen-bond acceptors (Lipinski definition) is 3. The third kappa shape index (κ3) is 5.54. The van der Waals surface area contributed by atoms with Gasteiger partial charge in [-0.2, -0.15) is 5.26 Å². The fourth-order valence-electron chi connectivity index (χ4n) is 0.783. The minimum absolute atomic E-state index is 0.302. The molecule has 0 amide bonds. The fraction of sp³-hybridized carbons (Fsp3) is 0.857. The minimum Gasteiger partial charge on any atom is -0.392 e. The Balaban J connectivity index is 3.27. The Kier molecular flexibility index (Phi) is 4.91. The van der Waals surface area contributed by atoms with Gasteiger partial charge in [0.05, 0.1) is 12.2 Å². The first-order valence-corrected chi connectivity index (χ1v) is 3.40. The summed E-state index contributed by atoms with van der Waals surface area (Å²) < 4.78 is 0. The zero-order valence-corrected chi connectivity index (χ0v) is 6.54. The van der Waals surface area contributed by atoms with Crippen molar-refractivity contribution in [3.05, 3.63) is 0 Å². The van der Waals surface area contributed by atoms with Gasteiger partial charge < -0.3 is 10.0 Å². The monoisotopic (exact) mass is 142 g/mol. The molecule has 0 aliphatic carbocycles. The highest BCUT2D eigenvalue weighted by Gasteiger charge is 2.00. The minimum atomic E-state index is -0.302. The molecule has 0 unspecified atom stereocenters. The van der Waals surface area contributed by atoms with E-state index in [0.29, 0.717) is 13.0 Å². The molecule has 0 saturated carbocycles. The number of hydrogen-bond donors (Lipinski definition) is 1. The Morgan fingerprint density at radius 3 is 2.70 bits per heavy atom.